The molecule has 1 N–H and O–H groups in total. The maximum atomic E-state index is 13.1. The Kier molecular flexibility index (Phi) is 4.57. The van der Waals surface area contributed by atoms with Crippen LogP contribution in [0.3, 0.4) is 0 Å². The minimum absolute atomic E-state index is 0.0823. The minimum atomic E-state index is -4.60. The lowest BCUT2D eigenvalue weighted by molar-refractivity contribution is -0.384. The zero-order valence-corrected chi connectivity index (χ0v) is 13.8. The van der Waals surface area contributed by atoms with Crippen LogP contribution in [-0.2, 0) is 4.79 Å². The van der Waals surface area contributed by atoms with Crippen LogP contribution >= 0.6 is 11.3 Å². The monoisotopic (exact) mass is 387 g/mol. The van der Waals surface area contributed by atoms with Crippen LogP contribution in [0, 0.1) is 22.0 Å². The number of carbonyl (C=O) groups is 1. The van der Waals surface area contributed by atoms with Gasteiger partial charge in [-0.2, -0.15) is 13.2 Å². The number of hydrogen-bond acceptors (Lipinski definition) is 6. The van der Waals surface area contributed by atoms with E-state index in [1.807, 2.05) is 0 Å². The molecule has 1 fully saturated rings. The lowest BCUT2D eigenvalue weighted by Crippen LogP contribution is -2.33. The molecular weight excluding hydrogens is 375 g/mol. The number of anilines is 1. The molecular formula is C15H12F3N3O4S. The molecule has 0 aliphatic carbocycles. The van der Waals surface area contributed by atoms with Crippen molar-refractivity contribution < 1.29 is 28.0 Å². The first-order valence-corrected chi connectivity index (χ1v) is 8.29. The maximum absolute atomic E-state index is 13.1. The average molecular weight is 387 g/mol. The number of aromatic nitrogens is 1. The fourth-order valence-corrected chi connectivity index (χ4v) is 3.69. The Morgan fingerprint density at radius 3 is 2.46 bits per heavy atom. The predicted molar refractivity (Wildman–Crippen MR) is 87.1 cm³/mol. The molecule has 26 heavy (non-hydrogen) atoms. The molecule has 0 radical (unpaired) electrons. The van der Waals surface area contributed by atoms with Gasteiger partial charge in [0.05, 0.1) is 22.5 Å². The van der Waals surface area contributed by atoms with Crippen LogP contribution in [-0.4, -0.2) is 40.2 Å². The van der Waals surface area contributed by atoms with E-state index >= 15 is 0 Å². The second-order valence-electron chi connectivity index (χ2n) is 5.82. The molecule has 0 bridgehead atoms. The standard InChI is InChI=1S/C15H12F3N3O4S/c16-15(17,18)11-6-20(5-10(11)13(22)23)14-19-12(7-26-14)8-1-3-9(4-2-8)21(24)25/h1-4,7,10-11H,5-6H2,(H,22,23)/t10-,11-/m1/s1. The molecule has 11 heteroatoms. The molecule has 1 aliphatic heterocycles. The second kappa shape index (κ2) is 6.56. The highest BCUT2D eigenvalue weighted by atomic mass is 32.1. The summed E-state index contributed by atoms with van der Waals surface area (Å²) in [5.41, 5.74) is 0.961. The third-order valence-corrected chi connectivity index (χ3v) is 5.10. The van der Waals surface area contributed by atoms with Crippen LogP contribution in [0.1, 0.15) is 0 Å². The van der Waals surface area contributed by atoms with Crippen molar-refractivity contribution >= 4 is 28.1 Å². The molecule has 2 aromatic rings. The summed E-state index contributed by atoms with van der Waals surface area (Å²) in [6, 6.07) is 5.62. The van der Waals surface area contributed by atoms with Crippen LogP contribution in [0.2, 0.25) is 0 Å². The first-order chi connectivity index (χ1) is 12.2. The number of aliphatic carboxylic acids is 1. The number of carboxylic acid groups (broad SMARTS) is 1. The first kappa shape index (κ1) is 18.1. The molecule has 138 valence electrons. The van der Waals surface area contributed by atoms with Crippen LogP contribution in [0.25, 0.3) is 11.3 Å². The van der Waals surface area contributed by atoms with Crippen molar-refractivity contribution in [1.29, 1.82) is 0 Å². The van der Waals surface area contributed by atoms with E-state index in [-0.39, 0.29) is 17.4 Å². The molecule has 1 aromatic heterocycles. The van der Waals surface area contributed by atoms with Gasteiger partial charge in [-0.15, -0.1) is 11.3 Å². The van der Waals surface area contributed by atoms with Gasteiger partial charge in [-0.05, 0) is 12.1 Å². The number of alkyl halides is 3. The molecule has 0 unspecified atom stereocenters. The number of rotatable bonds is 4. The van der Waals surface area contributed by atoms with Gasteiger partial charge in [0, 0.05) is 36.2 Å². The Bertz CT molecular complexity index is 837. The number of halogens is 3. The Labute approximate surface area is 148 Å². The van der Waals surface area contributed by atoms with Crippen LogP contribution in [0.5, 0.6) is 0 Å². The normalized spacial score (nSPS) is 20.3. The predicted octanol–water partition coefficient (Wildman–Crippen LogP) is 3.42. The molecule has 2 atom stereocenters. The van der Waals surface area contributed by atoms with E-state index in [1.54, 1.807) is 5.38 Å². The number of nitro benzene ring substituents is 1. The van der Waals surface area contributed by atoms with Gasteiger partial charge in [0.2, 0.25) is 0 Å². The van der Waals surface area contributed by atoms with Gasteiger partial charge in [-0.1, -0.05) is 0 Å². The number of carboxylic acids is 1. The van der Waals surface area contributed by atoms with Crippen LogP contribution in [0.15, 0.2) is 29.6 Å². The zero-order chi connectivity index (χ0) is 19.1. The van der Waals surface area contributed by atoms with Gasteiger partial charge in [-0.3, -0.25) is 14.9 Å². The largest absolute Gasteiger partial charge is 0.481 e. The lowest BCUT2D eigenvalue weighted by atomic mass is 9.96. The van der Waals surface area contributed by atoms with E-state index in [0.717, 1.165) is 11.3 Å². The highest BCUT2D eigenvalue weighted by Crippen LogP contribution is 2.40. The number of non-ortho nitro benzene ring substituents is 1. The number of thiazole rings is 1. The summed E-state index contributed by atoms with van der Waals surface area (Å²) in [6.45, 7) is -0.736. The average Bonchev–Trinajstić information content (AvgIpc) is 3.21. The number of hydrogen-bond donors (Lipinski definition) is 1. The summed E-state index contributed by atoms with van der Waals surface area (Å²) in [7, 11) is 0. The van der Waals surface area contributed by atoms with E-state index in [1.165, 1.54) is 29.2 Å². The summed E-state index contributed by atoms with van der Waals surface area (Å²) < 4.78 is 39.2. The first-order valence-electron chi connectivity index (χ1n) is 7.41. The number of nitrogens with zero attached hydrogens (tertiary/aromatic N) is 3. The van der Waals surface area contributed by atoms with Gasteiger partial charge in [0.1, 0.15) is 0 Å². The highest BCUT2D eigenvalue weighted by molar-refractivity contribution is 7.14. The van der Waals surface area contributed by atoms with Gasteiger partial charge in [0.25, 0.3) is 5.69 Å². The highest BCUT2D eigenvalue weighted by Gasteiger charge is 2.53. The SMILES string of the molecule is O=C(O)[C@@H]1CN(c2nc(-c3ccc([N+](=O)[O-])cc3)cs2)C[C@H]1C(F)(F)F. The van der Waals surface area contributed by atoms with Crippen molar-refractivity contribution in [2.75, 3.05) is 18.0 Å². The molecule has 0 amide bonds. The summed E-state index contributed by atoms with van der Waals surface area (Å²) in [4.78, 5) is 26.9. The molecule has 3 rings (SSSR count). The summed E-state index contributed by atoms with van der Waals surface area (Å²) in [6.07, 6.45) is -4.60. The fourth-order valence-electron chi connectivity index (χ4n) is 2.84. The zero-order valence-electron chi connectivity index (χ0n) is 13.0. The molecule has 2 heterocycles. The van der Waals surface area contributed by atoms with Crippen LogP contribution in [0.4, 0.5) is 24.0 Å². The molecule has 1 saturated heterocycles. The summed E-state index contributed by atoms with van der Waals surface area (Å²) >= 11 is 1.10. The molecule has 7 nitrogen and oxygen atoms in total. The molecule has 1 aromatic carbocycles. The Morgan fingerprint density at radius 1 is 1.31 bits per heavy atom. The van der Waals surface area contributed by atoms with Crippen LogP contribution < -0.4 is 4.90 Å². The molecule has 0 saturated carbocycles. The summed E-state index contributed by atoms with van der Waals surface area (Å²) in [5, 5.41) is 21.6. The van der Waals surface area contributed by atoms with Gasteiger partial charge < -0.3 is 10.0 Å². The minimum Gasteiger partial charge on any atom is -0.481 e. The smallest absolute Gasteiger partial charge is 0.394 e. The van der Waals surface area contributed by atoms with E-state index in [4.69, 9.17) is 5.11 Å². The number of nitro groups is 1. The van der Waals surface area contributed by atoms with Crippen molar-refractivity contribution in [2.24, 2.45) is 11.8 Å². The maximum Gasteiger partial charge on any atom is 0.394 e. The van der Waals surface area contributed by atoms with Crippen molar-refractivity contribution in [2.45, 2.75) is 6.18 Å². The van der Waals surface area contributed by atoms with Crippen molar-refractivity contribution in [3.8, 4) is 11.3 Å². The number of benzene rings is 1. The Balaban J connectivity index is 1.81. The molecule has 0 spiro atoms. The third kappa shape index (κ3) is 3.47. The Morgan fingerprint density at radius 2 is 1.96 bits per heavy atom. The van der Waals surface area contributed by atoms with Crippen molar-refractivity contribution in [1.82, 2.24) is 4.98 Å². The topological polar surface area (TPSA) is 96.6 Å². The van der Waals surface area contributed by atoms with Gasteiger partial charge in [0.15, 0.2) is 5.13 Å². The van der Waals surface area contributed by atoms with Crippen molar-refractivity contribution in [3.63, 3.8) is 0 Å². The summed E-state index contributed by atoms with van der Waals surface area (Å²) in [5.74, 6) is -4.98. The molecule has 1 aliphatic rings. The quantitative estimate of drug-likeness (QED) is 0.638. The van der Waals surface area contributed by atoms with E-state index in [9.17, 15) is 28.1 Å². The Hall–Kier alpha value is -2.69. The van der Waals surface area contributed by atoms with E-state index < -0.39 is 35.4 Å². The van der Waals surface area contributed by atoms with Gasteiger partial charge in [-0.25, -0.2) is 4.98 Å². The van der Waals surface area contributed by atoms with E-state index in [2.05, 4.69) is 4.98 Å². The lowest BCUT2D eigenvalue weighted by Gasteiger charge is -2.17. The van der Waals surface area contributed by atoms with Crippen molar-refractivity contribution in [3.05, 3.63) is 39.8 Å². The second-order valence-corrected chi connectivity index (χ2v) is 6.65. The fraction of sp³-hybridized carbons (Fsp3) is 0.333. The van der Waals surface area contributed by atoms with E-state index in [0.29, 0.717) is 11.3 Å². The van der Waals surface area contributed by atoms with Gasteiger partial charge >= 0.3 is 12.1 Å². The third-order valence-electron chi connectivity index (χ3n) is 4.19.